The molecule has 1 saturated carbocycles. The number of hydrogen-bond acceptors (Lipinski definition) is 3. The Morgan fingerprint density at radius 2 is 1.88 bits per heavy atom. The van der Waals surface area contributed by atoms with Gasteiger partial charge in [0.2, 0.25) is 5.91 Å². The Balaban J connectivity index is 1.79. The summed E-state index contributed by atoms with van der Waals surface area (Å²) in [5.41, 5.74) is 2.44. The van der Waals surface area contributed by atoms with Crippen LogP contribution in [0.15, 0.2) is 24.3 Å². The molecule has 0 radical (unpaired) electrons. The van der Waals surface area contributed by atoms with E-state index in [-0.39, 0.29) is 18.6 Å². The molecule has 134 valence electrons. The van der Waals surface area contributed by atoms with E-state index < -0.39 is 0 Å². The highest BCUT2D eigenvalue weighted by molar-refractivity contribution is 5.77. The molecule has 1 aliphatic carbocycles. The smallest absolute Gasteiger partial charge is 0.246 e. The minimum atomic E-state index is -0.0207. The van der Waals surface area contributed by atoms with Gasteiger partial charge in [0.1, 0.15) is 6.61 Å². The summed E-state index contributed by atoms with van der Waals surface area (Å²) in [5.74, 6) is -0.0207. The van der Waals surface area contributed by atoms with Gasteiger partial charge in [-0.15, -0.1) is 0 Å². The maximum Gasteiger partial charge on any atom is 0.246 e. The zero-order chi connectivity index (χ0) is 17.4. The summed E-state index contributed by atoms with van der Waals surface area (Å²) in [4.78, 5) is 14.4. The number of ether oxygens (including phenoxy) is 1. The number of nitrogens with zero attached hydrogens (tertiary/aromatic N) is 1. The second kappa shape index (κ2) is 9.80. The lowest BCUT2D eigenvalue weighted by atomic mass is 9.98. The van der Waals surface area contributed by atoms with E-state index in [9.17, 15) is 4.79 Å². The van der Waals surface area contributed by atoms with Crippen molar-refractivity contribution in [1.82, 2.24) is 10.2 Å². The van der Waals surface area contributed by atoms with Crippen LogP contribution in [0, 0.1) is 0 Å². The van der Waals surface area contributed by atoms with Gasteiger partial charge in [-0.1, -0.05) is 43.5 Å². The lowest BCUT2D eigenvalue weighted by Crippen LogP contribution is -2.31. The molecule has 0 spiro atoms. The zero-order valence-corrected chi connectivity index (χ0v) is 15.4. The van der Waals surface area contributed by atoms with Crippen LogP contribution in [0.3, 0.4) is 0 Å². The minimum Gasteiger partial charge on any atom is -0.368 e. The van der Waals surface area contributed by atoms with E-state index in [0.717, 1.165) is 19.4 Å². The second-order valence-electron chi connectivity index (χ2n) is 7.13. The van der Waals surface area contributed by atoms with Gasteiger partial charge in [-0.2, -0.15) is 0 Å². The van der Waals surface area contributed by atoms with Crippen molar-refractivity contribution in [2.24, 2.45) is 0 Å². The van der Waals surface area contributed by atoms with Crippen LogP contribution in [0.25, 0.3) is 0 Å². The Kier molecular flexibility index (Phi) is 7.73. The molecule has 0 heterocycles. The first-order chi connectivity index (χ1) is 11.6. The fourth-order valence-electron chi connectivity index (χ4n) is 3.01. The van der Waals surface area contributed by atoms with E-state index in [0.29, 0.717) is 12.6 Å². The first kappa shape index (κ1) is 18.9. The van der Waals surface area contributed by atoms with Crippen molar-refractivity contribution in [2.75, 3.05) is 13.7 Å². The third kappa shape index (κ3) is 6.25. The molecule has 4 heteroatoms. The molecule has 0 bridgehead atoms. The van der Waals surface area contributed by atoms with Crippen LogP contribution in [-0.2, 0) is 22.6 Å². The molecule has 1 aromatic rings. The number of benzene rings is 1. The molecule has 1 aromatic carbocycles. The summed E-state index contributed by atoms with van der Waals surface area (Å²) in [5, 5.41) is 3.00. The summed E-state index contributed by atoms with van der Waals surface area (Å²) >= 11 is 0. The topological polar surface area (TPSA) is 41.6 Å². The Morgan fingerprint density at radius 3 is 2.54 bits per heavy atom. The summed E-state index contributed by atoms with van der Waals surface area (Å²) < 4.78 is 5.74. The number of carbonyl (C=O) groups excluding carboxylic acids is 1. The van der Waals surface area contributed by atoms with Gasteiger partial charge in [-0.3, -0.25) is 9.69 Å². The number of carbonyl (C=O) groups is 1. The van der Waals surface area contributed by atoms with Crippen molar-refractivity contribution in [3.8, 4) is 0 Å². The molecule has 1 N–H and O–H groups in total. The third-order valence-electron chi connectivity index (χ3n) is 4.90. The van der Waals surface area contributed by atoms with Crippen LogP contribution in [0.4, 0.5) is 0 Å². The Hall–Kier alpha value is -1.39. The van der Waals surface area contributed by atoms with Crippen molar-refractivity contribution < 1.29 is 9.53 Å². The molecule has 0 atom stereocenters. The molecule has 1 fully saturated rings. The van der Waals surface area contributed by atoms with Crippen molar-refractivity contribution in [3.05, 3.63) is 35.4 Å². The van der Waals surface area contributed by atoms with Gasteiger partial charge in [-0.25, -0.2) is 0 Å². The van der Waals surface area contributed by atoms with E-state index in [1.165, 1.54) is 30.4 Å². The number of nitrogens with one attached hydrogen (secondary N) is 1. The van der Waals surface area contributed by atoms with Crippen molar-refractivity contribution in [1.29, 1.82) is 0 Å². The van der Waals surface area contributed by atoms with Crippen LogP contribution in [-0.4, -0.2) is 36.6 Å². The van der Waals surface area contributed by atoms with Crippen molar-refractivity contribution in [3.63, 3.8) is 0 Å². The van der Waals surface area contributed by atoms with Crippen molar-refractivity contribution >= 4 is 5.91 Å². The van der Waals surface area contributed by atoms with Crippen LogP contribution in [0.1, 0.15) is 57.1 Å². The highest BCUT2D eigenvalue weighted by Gasteiger charge is 2.15. The van der Waals surface area contributed by atoms with E-state index in [1.54, 1.807) is 0 Å². The van der Waals surface area contributed by atoms with Crippen LogP contribution < -0.4 is 5.32 Å². The predicted octanol–water partition coefficient (Wildman–Crippen LogP) is 3.49. The standard InChI is InChI=1S/C20H32N2O2/c1-16(2)22(3)14-18-10-8-7-9-17(18)13-21-20(23)15-24-19-11-5-4-6-12-19/h7-10,16,19H,4-6,11-15H2,1-3H3,(H,21,23). The Bertz CT molecular complexity index is 510. The molecule has 0 aromatic heterocycles. The largest absolute Gasteiger partial charge is 0.368 e. The second-order valence-corrected chi connectivity index (χ2v) is 7.13. The van der Waals surface area contributed by atoms with Crippen molar-refractivity contribution in [2.45, 2.75) is 71.2 Å². The first-order valence-electron chi connectivity index (χ1n) is 9.21. The fourth-order valence-corrected chi connectivity index (χ4v) is 3.01. The zero-order valence-electron chi connectivity index (χ0n) is 15.4. The van der Waals surface area contributed by atoms with Gasteiger partial charge in [0.05, 0.1) is 6.10 Å². The predicted molar refractivity (Wildman–Crippen MR) is 97.7 cm³/mol. The maximum atomic E-state index is 12.1. The summed E-state index contributed by atoms with van der Waals surface area (Å²) in [6.07, 6.45) is 6.21. The highest BCUT2D eigenvalue weighted by atomic mass is 16.5. The Labute approximate surface area is 146 Å². The molecule has 1 aliphatic rings. The Morgan fingerprint density at radius 1 is 1.21 bits per heavy atom. The monoisotopic (exact) mass is 332 g/mol. The third-order valence-corrected chi connectivity index (χ3v) is 4.90. The normalized spacial score (nSPS) is 15.9. The summed E-state index contributed by atoms with van der Waals surface area (Å²) in [6.45, 7) is 6.01. The van der Waals surface area contributed by atoms with E-state index >= 15 is 0 Å². The molecule has 2 rings (SSSR count). The minimum absolute atomic E-state index is 0.0207. The molecular formula is C20H32N2O2. The average molecular weight is 332 g/mol. The quantitative estimate of drug-likeness (QED) is 0.792. The summed E-state index contributed by atoms with van der Waals surface area (Å²) in [7, 11) is 2.12. The molecule has 0 saturated heterocycles. The molecular weight excluding hydrogens is 300 g/mol. The van der Waals surface area contributed by atoms with E-state index in [4.69, 9.17) is 4.74 Å². The van der Waals surface area contributed by atoms with Crippen LogP contribution in [0.5, 0.6) is 0 Å². The fraction of sp³-hybridized carbons (Fsp3) is 0.650. The lowest BCUT2D eigenvalue weighted by molar-refractivity contribution is -0.128. The molecule has 0 aliphatic heterocycles. The van der Waals surface area contributed by atoms with Gasteiger partial charge in [0.25, 0.3) is 0 Å². The number of hydrogen-bond donors (Lipinski definition) is 1. The molecule has 0 unspecified atom stereocenters. The number of amides is 1. The van der Waals surface area contributed by atoms with Gasteiger partial charge in [0.15, 0.2) is 0 Å². The molecule has 24 heavy (non-hydrogen) atoms. The van der Waals surface area contributed by atoms with Gasteiger partial charge < -0.3 is 10.1 Å². The van der Waals surface area contributed by atoms with Gasteiger partial charge in [0, 0.05) is 19.1 Å². The lowest BCUT2D eigenvalue weighted by Gasteiger charge is -2.23. The van der Waals surface area contributed by atoms with Gasteiger partial charge in [-0.05, 0) is 44.9 Å². The van der Waals surface area contributed by atoms with E-state index in [2.05, 4.69) is 49.3 Å². The van der Waals surface area contributed by atoms with Crippen LogP contribution in [0.2, 0.25) is 0 Å². The SMILES string of the molecule is CC(C)N(C)Cc1ccccc1CNC(=O)COC1CCCCC1. The molecule has 4 nitrogen and oxygen atoms in total. The van der Waals surface area contributed by atoms with E-state index in [1.807, 2.05) is 6.07 Å². The van der Waals surface area contributed by atoms with Gasteiger partial charge >= 0.3 is 0 Å². The molecule has 1 amide bonds. The maximum absolute atomic E-state index is 12.1. The number of rotatable bonds is 8. The summed E-state index contributed by atoms with van der Waals surface area (Å²) in [6, 6.07) is 8.81. The first-order valence-corrected chi connectivity index (χ1v) is 9.21. The highest BCUT2D eigenvalue weighted by Crippen LogP contribution is 2.20. The average Bonchev–Trinajstić information content (AvgIpc) is 2.60. The van der Waals surface area contributed by atoms with Crippen LogP contribution >= 0.6 is 0 Å².